The Hall–Kier alpha value is -0.450. The van der Waals surface area contributed by atoms with Crippen molar-refractivity contribution in [2.75, 3.05) is 13.6 Å². The Kier molecular flexibility index (Phi) is 3.38. The molecule has 1 fully saturated rings. The normalized spacial score (nSPS) is 27.4. The molecule has 3 nitrogen and oxygen atoms in total. The molecule has 2 heterocycles. The Morgan fingerprint density at radius 2 is 2.47 bits per heavy atom. The van der Waals surface area contributed by atoms with Gasteiger partial charge in [0.2, 0.25) is 0 Å². The summed E-state index contributed by atoms with van der Waals surface area (Å²) in [6.45, 7) is 6.47. The number of rotatable bonds is 3. The predicted octanol–water partition coefficient (Wildman–Crippen LogP) is 1.63. The summed E-state index contributed by atoms with van der Waals surface area (Å²) in [6.07, 6.45) is 3.20. The molecule has 0 aromatic carbocycles. The van der Waals surface area contributed by atoms with Gasteiger partial charge in [-0.25, -0.2) is 4.98 Å². The zero-order valence-electron chi connectivity index (χ0n) is 9.66. The summed E-state index contributed by atoms with van der Waals surface area (Å²) in [7, 11) is 2.19. The number of likely N-dealkylation sites (N-methyl/N-ethyl adjacent to an activating group) is 1. The number of aryl methyl sites for hydroxylation is 1. The fourth-order valence-corrected chi connectivity index (χ4v) is 2.79. The van der Waals surface area contributed by atoms with Crippen LogP contribution in [0, 0.1) is 6.92 Å². The maximum absolute atomic E-state index is 4.36. The Morgan fingerprint density at radius 3 is 3.00 bits per heavy atom. The summed E-state index contributed by atoms with van der Waals surface area (Å²) in [5.74, 6) is 0. The number of hydrogen-bond donors (Lipinski definition) is 1. The summed E-state index contributed by atoms with van der Waals surface area (Å²) in [5.41, 5.74) is 0. The van der Waals surface area contributed by atoms with Crippen LogP contribution in [-0.2, 0) is 6.54 Å². The quantitative estimate of drug-likeness (QED) is 0.847. The van der Waals surface area contributed by atoms with Crippen LogP contribution in [0.15, 0.2) is 6.20 Å². The van der Waals surface area contributed by atoms with Gasteiger partial charge in [-0.15, -0.1) is 11.3 Å². The molecule has 0 amide bonds. The highest BCUT2D eigenvalue weighted by molar-refractivity contribution is 7.11. The number of nitrogens with one attached hydrogen (secondary N) is 1. The molecule has 1 aliphatic heterocycles. The summed E-state index contributed by atoms with van der Waals surface area (Å²) in [4.78, 5) is 8.06. The molecule has 0 bridgehead atoms. The van der Waals surface area contributed by atoms with Gasteiger partial charge in [-0.1, -0.05) is 0 Å². The number of likely N-dealkylation sites (tertiary alicyclic amines) is 1. The molecule has 2 atom stereocenters. The molecule has 1 aromatic rings. The van der Waals surface area contributed by atoms with Gasteiger partial charge in [0.05, 0.1) is 0 Å². The second-order valence-electron chi connectivity index (χ2n) is 4.47. The lowest BCUT2D eigenvalue weighted by Gasteiger charge is -2.12. The minimum absolute atomic E-state index is 0.634. The van der Waals surface area contributed by atoms with E-state index in [2.05, 4.69) is 36.1 Å². The Labute approximate surface area is 95.5 Å². The summed E-state index contributed by atoms with van der Waals surface area (Å²) in [5, 5.41) is 4.78. The van der Waals surface area contributed by atoms with Crippen molar-refractivity contribution in [1.29, 1.82) is 0 Å². The molecule has 1 N–H and O–H groups in total. The first-order valence-corrected chi connectivity index (χ1v) is 6.31. The van der Waals surface area contributed by atoms with E-state index in [-0.39, 0.29) is 0 Å². The molecule has 15 heavy (non-hydrogen) atoms. The Morgan fingerprint density at radius 1 is 1.67 bits per heavy atom. The van der Waals surface area contributed by atoms with Crippen molar-refractivity contribution < 1.29 is 0 Å². The maximum Gasteiger partial charge on any atom is 0.107 e. The minimum Gasteiger partial charge on any atom is -0.306 e. The number of nitrogens with zero attached hydrogens (tertiary/aromatic N) is 2. The highest BCUT2D eigenvalue weighted by Gasteiger charge is 2.25. The van der Waals surface area contributed by atoms with Crippen LogP contribution in [0.25, 0.3) is 0 Å². The largest absolute Gasteiger partial charge is 0.306 e. The minimum atomic E-state index is 0.634. The molecule has 84 valence electrons. The van der Waals surface area contributed by atoms with Gasteiger partial charge in [-0.2, -0.15) is 0 Å². The van der Waals surface area contributed by atoms with Crippen LogP contribution >= 0.6 is 11.3 Å². The van der Waals surface area contributed by atoms with Crippen molar-refractivity contribution in [3.8, 4) is 0 Å². The molecule has 0 aliphatic carbocycles. The monoisotopic (exact) mass is 225 g/mol. The average molecular weight is 225 g/mol. The molecule has 0 saturated carbocycles. The van der Waals surface area contributed by atoms with Crippen LogP contribution < -0.4 is 5.32 Å². The number of thiazole rings is 1. The highest BCUT2D eigenvalue weighted by Crippen LogP contribution is 2.16. The second-order valence-corrected chi connectivity index (χ2v) is 5.79. The van der Waals surface area contributed by atoms with Crippen LogP contribution in [0.3, 0.4) is 0 Å². The Bertz CT molecular complexity index is 313. The van der Waals surface area contributed by atoms with E-state index in [1.165, 1.54) is 16.3 Å². The van der Waals surface area contributed by atoms with Gasteiger partial charge in [-0.05, 0) is 27.3 Å². The summed E-state index contributed by atoms with van der Waals surface area (Å²) >= 11 is 1.79. The van der Waals surface area contributed by atoms with Gasteiger partial charge in [0.1, 0.15) is 5.01 Å². The standard InChI is InChI=1S/C11H19N3S/c1-8-4-10(7-14(8)3)12-6-11-13-5-9(2)15-11/h5,8,10,12H,4,6-7H2,1-3H3. The van der Waals surface area contributed by atoms with E-state index in [1.54, 1.807) is 11.3 Å². The first kappa shape index (κ1) is 11.0. The lowest BCUT2D eigenvalue weighted by molar-refractivity contribution is 0.326. The molecule has 1 aromatic heterocycles. The van der Waals surface area contributed by atoms with Crippen molar-refractivity contribution in [1.82, 2.24) is 15.2 Å². The van der Waals surface area contributed by atoms with E-state index in [0.717, 1.165) is 13.1 Å². The van der Waals surface area contributed by atoms with E-state index < -0.39 is 0 Å². The first-order chi connectivity index (χ1) is 7.15. The lowest BCUT2D eigenvalue weighted by Crippen LogP contribution is -2.30. The second kappa shape index (κ2) is 4.60. The predicted molar refractivity (Wildman–Crippen MR) is 64.2 cm³/mol. The van der Waals surface area contributed by atoms with Gasteiger partial charge >= 0.3 is 0 Å². The van der Waals surface area contributed by atoms with E-state index in [4.69, 9.17) is 0 Å². The molecule has 2 unspecified atom stereocenters. The first-order valence-electron chi connectivity index (χ1n) is 5.50. The molecule has 2 rings (SSSR count). The topological polar surface area (TPSA) is 28.2 Å². The average Bonchev–Trinajstić information content (AvgIpc) is 2.72. The smallest absolute Gasteiger partial charge is 0.107 e. The summed E-state index contributed by atoms with van der Waals surface area (Å²) in [6, 6.07) is 1.34. The van der Waals surface area contributed by atoms with Gasteiger partial charge in [-0.3, -0.25) is 0 Å². The molecule has 4 heteroatoms. The SMILES string of the molecule is Cc1cnc(CNC2CC(C)N(C)C2)s1. The van der Waals surface area contributed by atoms with Crippen molar-refractivity contribution in [2.45, 2.75) is 38.9 Å². The van der Waals surface area contributed by atoms with Crippen LogP contribution in [0.2, 0.25) is 0 Å². The zero-order valence-corrected chi connectivity index (χ0v) is 10.5. The lowest BCUT2D eigenvalue weighted by atomic mass is 10.2. The molecular formula is C11H19N3S. The third-order valence-corrected chi connectivity index (χ3v) is 4.01. The number of aromatic nitrogens is 1. The van der Waals surface area contributed by atoms with Gasteiger partial charge in [0, 0.05) is 36.2 Å². The van der Waals surface area contributed by atoms with Crippen LogP contribution in [0.1, 0.15) is 23.2 Å². The Balaban J connectivity index is 1.79. The highest BCUT2D eigenvalue weighted by atomic mass is 32.1. The van der Waals surface area contributed by atoms with Crippen LogP contribution in [0.5, 0.6) is 0 Å². The zero-order chi connectivity index (χ0) is 10.8. The van der Waals surface area contributed by atoms with Crippen molar-refractivity contribution >= 4 is 11.3 Å². The van der Waals surface area contributed by atoms with E-state index in [9.17, 15) is 0 Å². The maximum atomic E-state index is 4.36. The van der Waals surface area contributed by atoms with E-state index >= 15 is 0 Å². The van der Waals surface area contributed by atoms with Crippen LogP contribution in [0.4, 0.5) is 0 Å². The van der Waals surface area contributed by atoms with Gasteiger partial charge in [0.25, 0.3) is 0 Å². The van der Waals surface area contributed by atoms with Gasteiger partial charge in [0.15, 0.2) is 0 Å². The van der Waals surface area contributed by atoms with E-state index in [0.29, 0.717) is 12.1 Å². The van der Waals surface area contributed by atoms with Crippen molar-refractivity contribution in [2.24, 2.45) is 0 Å². The molecule has 0 radical (unpaired) electrons. The molecule has 1 aliphatic rings. The van der Waals surface area contributed by atoms with Crippen molar-refractivity contribution in [3.05, 3.63) is 16.1 Å². The number of hydrogen-bond acceptors (Lipinski definition) is 4. The molecular weight excluding hydrogens is 206 g/mol. The van der Waals surface area contributed by atoms with Gasteiger partial charge < -0.3 is 10.2 Å². The molecule has 0 spiro atoms. The molecule has 1 saturated heterocycles. The van der Waals surface area contributed by atoms with Crippen LogP contribution in [-0.4, -0.2) is 35.6 Å². The van der Waals surface area contributed by atoms with E-state index in [1.807, 2.05) is 6.20 Å². The van der Waals surface area contributed by atoms with Crippen molar-refractivity contribution in [3.63, 3.8) is 0 Å². The fraction of sp³-hybridized carbons (Fsp3) is 0.727. The third-order valence-electron chi connectivity index (χ3n) is 3.10. The summed E-state index contributed by atoms with van der Waals surface area (Å²) < 4.78 is 0. The fourth-order valence-electron chi connectivity index (χ4n) is 2.06. The third kappa shape index (κ3) is 2.77.